The lowest BCUT2D eigenvalue weighted by molar-refractivity contribution is -0.119. The molecule has 0 saturated heterocycles. The van der Waals surface area contributed by atoms with Crippen molar-refractivity contribution in [3.63, 3.8) is 0 Å². The Bertz CT molecular complexity index is 628. The number of rotatable bonds is 4. The van der Waals surface area contributed by atoms with E-state index in [1.807, 2.05) is 35.7 Å². The zero-order valence-electron chi connectivity index (χ0n) is 11.6. The molecule has 0 aliphatic rings. The van der Waals surface area contributed by atoms with Crippen LogP contribution in [0.3, 0.4) is 0 Å². The Balaban J connectivity index is 1.99. The highest BCUT2D eigenvalue weighted by Gasteiger charge is 2.18. The van der Waals surface area contributed by atoms with Gasteiger partial charge in [-0.3, -0.25) is 10.1 Å². The summed E-state index contributed by atoms with van der Waals surface area (Å²) in [5.41, 5.74) is 1.94. The van der Waals surface area contributed by atoms with E-state index in [-0.39, 0.29) is 5.91 Å². The maximum Gasteiger partial charge on any atom is 0.321 e. The Kier molecular flexibility index (Phi) is 5.35. The van der Waals surface area contributed by atoms with E-state index in [0.29, 0.717) is 0 Å². The fraction of sp³-hybridized carbons (Fsp3) is 0.214. The summed E-state index contributed by atoms with van der Waals surface area (Å²) in [5, 5.41) is 6.17. The van der Waals surface area contributed by atoms with E-state index >= 15 is 0 Å². The van der Waals surface area contributed by atoms with Gasteiger partial charge >= 0.3 is 6.03 Å². The van der Waals surface area contributed by atoms with Gasteiger partial charge in [-0.2, -0.15) is 0 Å². The maximum absolute atomic E-state index is 11.8. The molecule has 1 heterocycles. The minimum atomic E-state index is -0.503. The third-order valence-electron chi connectivity index (χ3n) is 2.66. The topological polar surface area (TPSA) is 71.1 Å². The van der Waals surface area contributed by atoms with Crippen LogP contribution in [0.15, 0.2) is 40.1 Å². The fourth-order valence-corrected chi connectivity index (χ4v) is 3.51. The number of nitrogens with zero attached hydrogens (tertiary/aromatic N) is 1. The molecule has 0 bridgehead atoms. The quantitative estimate of drug-likeness (QED) is 0.850. The summed E-state index contributed by atoms with van der Waals surface area (Å²) in [6, 6.07) is 9.35. The number of thiazole rings is 1. The summed E-state index contributed by atoms with van der Waals surface area (Å²) < 4.78 is 0.799. The summed E-state index contributed by atoms with van der Waals surface area (Å²) in [7, 11) is 1.47. The monoisotopic (exact) mass is 321 g/mol. The Labute approximate surface area is 131 Å². The molecule has 2 aromatic rings. The van der Waals surface area contributed by atoms with Gasteiger partial charge in [-0.05, 0) is 6.92 Å². The van der Waals surface area contributed by atoms with Gasteiger partial charge in [-0.25, -0.2) is 9.78 Å². The van der Waals surface area contributed by atoms with Gasteiger partial charge in [0.2, 0.25) is 5.91 Å². The van der Waals surface area contributed by atoms with Crippen LogP contribution in [0.4, 0.5) is 4.79 Å². The molecular weight excluding hydrogens is 306 g/mol. The van der Waals surface area contributed by atoms with Gasteiger partial charge in [0.25, 0.3) is 0 Å². The lowest BCUT2D eigenvalue weighted by atomic mass is 10.2. The third kappa shape index (κ3) is 4.30. The molecule has 7 heteroatoms. The standard InChI is InChI=1S/C14H15N3O2S2/c1-9(12(18)17-13(19)15-2)21-14-16-11(8-20-14)10-6-4-3-5-7-10/h3-9H,1-2H3,(H2,15,17,18,19)/t9-/m0/s1. The van der Waals surface area contributed by atoms with Crippen molar-refractivity contribution >= 4 is 35.0 Å². The predicted molar refractivity (Wildman–Crippen MR) is 85.5 cm³/mol. The smallest absolute Gasteiger partial charge is 0.321 e. The van der Waals surface area contributed by atoms with E-state index in [1.54, 1.807) is 6.92 Å². The molecule has 1 aromatic heterocycles. The van der Waals surface area contributed by atoms with E-state index in [0.717, 1.165) is 15.6 Å². The molecular formula is C14H15N3O2S2. The minimum Gasteiger partial charge on any atom is -0.341 e. The van der Waals surface area contributed by atoms with Crippen molar-refractivity contribution in [1.82, 2.24) is 15.6 Å². The zero-order chi connectivity index (χ0) is 15.2. The molecule has 21 heavy (non-hydrogen) atoms. The Morgan fingerprint density at radius 2 is 2.00 bits per heavy atom. The number of amides is 3. The first-order chi connectivity index (χ1) is 10.1. The summed E-state index contributed by atoms with van der Waals surface area (Å²) in [6.07, 6.45) is 0. The van der Waals surface area contributed by atoms with Crippen molar-refractivity contribution in [2.75, 3.05) is 7.05 Å². The molecule has 5 nitrogen and oxygen atoms in total. The number of hydrogen-bond donors (Lipinski definition) is 2. The molecule has 2 N–H and O–H groups in total. The Morgan fingerprint density at radius 3 is 2.67 bits per heavy atom. The summed E-state index contributed by atoms with van der Waals surface area (Å²) in [5.74, 6) is -0.337. The van der Waals surface area contributed by atoms with Crippen LogP contribution < -0.4 is 10.6 Å². The van der Waals surface area contributed by atoms with Gasteiger partial charge in [0.1, 0.15) is 0 Å². The summed E-state index contributed by atoms with van der Waals surface area (Å²) >= 11 is 2.82. The van der Waals surface area contributed by atoms with Gasteiger partial charge in [0, 0.05) is 18.0 Å². The molecule has 0 saturated carbocycles. The molecule has 110 valence electrons. The number of benzene rings is 1. The lowest BCUT2D eigenvalue weighted by Gasteiger charge is -2.08. The van der Waals surface area contributed by atoms with E-state index in [9.17, 15) is 9.59 Å². The number of nitrogens with one attached hydrogen (secondary N) is 2. The number of carbonyl (C=O) groups excluding carboxylic acids is 2. The highest BCUT2D eigenvalue weighted by atomic mass is 32.2. The van der Waals surface area contributed by atoms with Crippen LogP contribution in [0.5, 0.6) is 0 Å². The van der Waals surface area contributed by atoms with Crippen molar-refractivity contribution in [3.8, 4) is 11.3 Å². The van der Waals surface area contributed by atoms with Crippen molar-refractivity contribution in [3.05, 3.63) is 35.7 Å². The average molecular weight is 321 g/mol. The maximum atomic E-state index is 11.8. The molecule has 0 spiro atoms. The molecule has 0 fully saturated rings. The molecule has 1 aromatic carbocycles. The molecule has 0 aliphatic carbocycles. The molecule has 2 rings (SSSR count). The van der Waals surface area contributed by atoms with Crippen LogP contribution >= 0.6 is 23.1 Å². The van der Waals surface area contributed by atoms with E-state index < -0.39 is 11.3 Å². The Hall–Kier alpha value is -1.86. The normalized spacial score (nSPS) is 11.7. The van der Waals surface area contributed by atoms with Crippen LogP contribution in [-0.4, -0.2) is 29.2 Å². The first-order valence-electron chi connectivity index (χ1n) is 6.30. The second kappa shape index (κ2) is 7.24. The summed E-state index contributed by atoms with van der Waals surface area (Å²) in [6.45, 7) is 1.74. The number of aromatic nitrogens is 1. The predicted octanol–water partition coefficient (Wildman–Crippen LogP) is 2.75. The largest absolute Gasteiger partial charge is 0.341 e. The second-order valence-electron chi connectivity index (χ2n) is 4.19. The van der Waals surface area contributed by atoms with Crippen LogP contribution in [-0.2, 0) is 4.79 Å². The molecule has 3 amide bonds. The van der Waals surface area contributed by atoms with Gasteiger partial charge in [-0.1, -0.05) is 42.1 Å². The average Bonchev–Trinajstić information content (AvgIpc) is 2.96. The van der Waals surface area contributed by atoms with Crippen molar-refractivity contribution in [2.45, 2.75) is 16.5 Å². The van der Waals surface area contributed by atoms with Crippen LogP contribution in [0, 0.1) is 0 Å². The van der Waals surface area contributed by atoms with Gasteiger partial charge in [0.05, 0.1) is 10.9 Å². The van der Waals surface area contributed by atoms with Gasteiger partial charge < -0.3 is 5.32 Å². The number of urea groups is 1. The van der Waals surface area contributed by atoms with E-state index in [2.05, 4.69) is 15.6 Å². The van der Waals surface area contributed by atoms with Crippen molar-refractivity contribution < 1.29 is 9.59 Å². The number of thioether (sulfide) groups is 1. The highest BCUT2D eigenvalue weighted by Crippen LogP contribution is 2.30. The SMILES string of the molecule is CNC(=O)NC(=O)[C@H](C)Sc1nc(-c2ccccc2)cs1. The Morgan fingerprint density at radius 1 is 1.29 bits per heavy atom. The molecule has 0 radical (unpaired) electrons. The first-order valence-corrected chi connectivity index (χ1v) is 8.06. The first kappa shape index (κ1) is 15.5. The van der Waals surface area contributed by atoms with Crippen LogP contribution in [0.2, 0.25) is 0 Å². The second-order valence-corrected chi connectivity index (χ2v) is 6.64. The summed E-state index contributed by atoms with van der Waals surface area (Å²) in [4.78, 5) is 27.4. The molecule has 0 unspecified atom stereocenters. The van der Waals surface area contributed by atoms with Gasteiger partial charge in [-0.15, -0.1) is 11.3 Å². The fourth-order valence-electron chi connectivity index (χ4n) is 1.53. The number of carbonyl (C=O) groups is 2. The van der Waals surface area contributed by atoms with Crippen molar-refractivity contribution in [2.24, 2.45) is 0 Å². The van der Waals surface area contributed by atoms with E-state index in [1.165, 1.54) is 30.1 Å². The zero-order valence-corrected chi connectivity index (χ0v) is 13.3. The number of imide groups is 1. The van der Waals surface area contributed by atoms with Crippen LogP contribution in [0.25, 0.3) is 11.3 Å². The van der Waals surface area contributed by atoms with Crippen LogP contribution in [0.1, 0.15) is 6.92 Å². The lowest BCUT2D eigenvalue weighted by Crippen LogP contribution is -2.41. The minimum absolute atomic E-state index is 0.337. The molecule has 0 aliphatic heterocycles. The third-order valence-corrected chi connectivity index (χ3v) is 4.74. The highest BCUT2D eigenvalue weighted by molar-refractivity contribution is 8.02. The van der Waals surface area contributed by atoms with Crippen molar-refractivity contribution in [1.29, 1.82) is 0 Å². The number of hydrogen-bond acceptors (Lipinski definition) is 5. The van der Waals surface area contributed by atoms with Gasteiger partial charge in [0.15, 0.2) is 4.34 Å². The van der Waals surface area contributed by atoms with E-state index in [4.69, 9.17) is 0 Å². The molecule has 1 atom stereocenters.